The van der Waals surface area contributed by atoms with Crippen LogP contribution in [-0.2, 0) is 0 Å². The molecule has 2 rings (SSSR count). The molecule has 110 valence electrons. The van der Waals surface area contributed by atoms with E-state index in [2.05, 4.69) is 26.6 Å². The van der Waals surface area contributed by atoms with Gasteiger partial charge in [-0.3, -0.25) is 4.79 Å². The van der Waals surface area contributed by atoms with Crippen LogP contribution in [0.25, 0.3) is 0 Å². The zero-order valence-corrected chi connectivity index (χ0v) is 13.0. The molecular formula is C15H15BrFN3O. The van der Waals surface area contributed by atoms with Crippen molar-refractivity contribution >= 4 is 38.9 Å². The Kier molecular flexibility index (Phi) is 4.80. The third-order valence-electron chi connectivity index (χ3n) is 2.82. The fraction of sp³-hybridized carbons (Fsp3) is 0.133. The molecule has 1 amide bonds. The van der Waals surface area contributed by atoms with E-state index in [0.29, 0.717) is 33.6 Å². The van der Waals surface area contributed by atoms with Crippen molar-refractivity contribution in [3.63, 3.8) is 0 Å². The number of rotatable bonds is 4. The van der Waals surface area contributed by atoms with Crippen LogP contribution < -0.4 is 16.4 Å². The minimum Gasteiger partial charge on any atom is -0.399 e. The van der Waals surface area contributed by atoms with Gasteiger partial charge in [-0.1, -0.05) is 0 Å². The van der Waals surface area contributed by atoms with Crippen LogP contribution in [0, 0.1) is 5.82 Å². The van der Waals surface area contributed by atoms with Crippen LogP contribution in [0.15, 0.2) is 40.9 Å². The van der Waals surface area contributed by atoms with Crippen LogP contribution in [-0.4, -0.2) is 12.5 Å². The Morgan fingerprint density at radius 1 is 1.24 bits per heavy atom. The van der Waals surface area contributed by atoms with E-state index in [4.69, 9.17) is 5.73 Å². The molecular weight excluding hydrogens is 337 g/mol. The molecule has 0 saturated carbocycles. The van der Waals surface area contributed by atoms with Gasteiger partial charge in [-0.05, 0) is 59.3 Å². The van der Waals surface area contributed by atoms with Gasteiger partial charge in [0.15, 0.2) is 0 Å². The van der Waals surface area contributed by atoms with Gasteiger partial charge in [0.1, 0.15) is 5.82 Å². The number of carbonyl (C=O) groups excluding carboxylic acids is 1. The van der Waals surface area contributed by atoms with Crippen LogP contribution in [0.3, 0.4) is 0 Å². The number of hydrogen-bond acceptors (Lipinski definition) is 3. The Morgan fingerprint density at radius 3 is 2.71 bits per heavy atom. The highest BCUT2D eigenvalue weighted by Gasteiger charge is 2.12. The largest absolute Gasteiger partial charge is 0.399 e. The topological polar surface area (TPSA) is 67.2 Å². The van der Waals surface area contributed by atoms with Crippen LogP contribution in [0.5, 0.6) is 0 Å². The Balaban J connectivity index is 2.40. The lowest BCUT2D eigenvalue weighted by atomic mass is 10.1. The molecule has 4 N–H and O–H groups in total. The number of nitrogen functional groups attached to an aromatic ring is 1. The summed E-state index contributed by atoms with van der Waals surface area (Å²) in [4.78, 5) is 12.0. The maximum Gasteiger partial charge on any atom is 0.253 e. The average molecular weight is 352 g/mol. The minimum absolute atomic E-state index is 0.215. The highest BCUT2D eigenvalue weighted by atomic mass is 79.9. The third kappa shape index (κ3) is 3.72. The van der Waals surface area contributed by atoms with Gasteiger partial charge in [0.2, 0.25) is 0 Å². The van der Waals surface area contributed by atoms with Crippen molar-refractivity contribution in [2.75, 3.05) is 17.6 Å². The molecule has 4 nitrogen and oxygen atoms in total. The van der Waals surface area contributed by atoms with Crippen molar-refractivity contribution in [1.82, 2.24) is 5.32 Å². The lowest BCUT2D eigenvalue weighted by Crippen LogP contribution is -2.23. The molecule has 6 heteroatoms. The predicted octanol–water partition coefficient (Wildman–Crippen LogP) is 3.66. The first-order valence-electron chi connectivity index (χ1n) is 6.41. The van der Waals surface area contributed by atoms with Crippen LogP contribution in [0.4, 0.5) is 21.5 Å². The zero-order valence-electron chi connectivity index (χ0n) is 11.4. The first kappa shape index (κ1) is 15.3. The standard InChI is InChI=1S/C15H15BrFN3O/c1-2-19-15(21)11-5-4-10(18)8-13(11)20-14-7-9(17)3-6-12(14)16/h3-8,20H,2,18H2,1H3,(H,19,21). The molecule has 0 saturated heterocycles. The van der Waals surface area contributed by atoms with Crippen molar-refractivity contribution in [1.29, 1.82) is 0 Å². The van der Waals surface area contributed by atoms with E-state index in [0.717, 1.165) is 0 Å². The van der Waals surface area contributed by atoms with E-state index >= 15 is 0 Å². The van der Waals surface area contributed by atoms with Gasteiger partial charge < -0.3 is 16.4 Å². The lowest BCUT2D eigenvalue weighted by molar-refractivity contribution is 0.0956. The second-order valence-electron chi connectivity index (χ2n) is 4.41. The van der Waals surface area contributed by atoms with Gasteiger partial charge in [0, 0.05) is 16.7 Å². The molecule has 2 aromatic carbocycles. The number of hydrogen-bond donors (Lipinski definition) is 3. The molecule has 0 atom stereocenters. The third-order valence-corrected chi connectivity index (χ3v) is 3.51. The molecule has 0 fully saturated rings. The van der Waals surface area contributed by atoms with Crippen molar-refractivity contribution in [2.24, 2.45) is 0 Å². The fourth-order valence-corrected chi connectivity index (χ4v) is 2.20. The predicted molar refractivity (Wildman–Crippen MR) is 86.2 cm³/mol. The molecule has 0 aliphatic rings. The molecule has 0 bridgehead atoms. The summed E-state index contributed by atoms with van der Waals surface area (Å²) >= 11 is 3.34. The van der Waals surface area contributed by atoms with Crippen molar-refractivity contribution in [3.05, 3.63) is 52.3 Å². The Hall–Kier alpha value is -2.08. The summed E-state index contributed by atoms with van der Waals surface area (Å²) in [6, 6.07) is 9.21. The summed E-state index contributed by atoms with van der Waals surface area (Å²) in [7, 11) is 0. The number of halogens is 2. The van der Waals surface area contributed by atoms with Gasteiger partial charge in [0.25, 0.3) is 5.91 Å². The van der Waals surface area contributed by atoms with E-state index in [1.165, 1.54) is 12.1 Å². The van der Waals surface area contributed by atoms with E-state index in [-0.39, 0.29) is 11.7 Å². The fourth-order valence-electron chi connectivity index (χ4n) is 1.86. The summed E-state index contributed by atoms with van der Waals surface area (Å²) in [5.41, 5.74) is 7.76. The number of carbonyl (C=O) groups is 1. The Labute approximate surface area is 130 Å². The molecule has 0 aliphatic carbocycles. The summed E-state index contributed by atoms with van der Waals surface area (Å²) in [5, 5.41) is 5.76. The number of amides is 1. The highest BCUT2D eigenvalue weighted by Crippen LogP contribution is 2.29. The Bertz CT molecular complexity index is 676. The lowest BCUT2D eigenvalue weighted by Gasteiger charge is -2.14. The van der Waals surface area contributed by atoms with Crippen molar-refractivity contribution < 1.29 is 9.18 Å². The van der Waals surface area contributed by atoms with Gasteiger partial charge in [-0.25, -0.2) is 4.39 Å². The zero-order chi connectivity index (χ0) is 15.4. The average Bonchev–Trinajstić information content (AvgIpc) is 2.43. The molecule has 2 aromatic rings. The summed E-state index contributed by atoms with van der Waals surface area (Å²) < 4.78 is 14.0. The number of anilines is 3. The molecule has 0 aliphatic heterocycles. The normalized spacial score (nSPS) is 10.2. The van der Waals surface area contributed by atoms with E-state index in [1.807, 2.05) is 6.92 Å². The van der Waals surface area contributed by atoms with Gasteiger partial charge in [-0.15, -0.1) is 0 Å². The number of benzene rings is 2. The number of nitrogens with one attached hydrogen (secondary N) is 2. The number of nitrogens with two attached hydrogens (primary N) is 1. The molecule has 0 spiro atoms. The van der Waals surface area contributed by atoms with Gasteiger partial charge >= 0.3 is 0 Å². The summed E-state index contributed by atoms with van der Waals surface area (Å²) in [6.07, 6.45) is 0. The molecule has 0 aromatic heterocycles. The van der Waals surface area contributed by atoms with Crippen molar-refractivity contribution in [2.45, 2.75) is 6.92 Å². The maximum atomic E-state index is 13.3. The van der Waals surface area contributed by atoms with Crippen LogP contribution in [0.1, 0.15) is 17.3 Å². The maximum absolute atomic E-state index is 13.3. The van der Waals surface area contributed by atoms with E-state index in [1.54, 1.807) is 24.3 Å². The molecule has 0 heterocycles. The van der Waals surface area contributed by atoms with Crippen LogP contribution in [0.2, 0.25) is 0 Å². The SMILES string of the molecule is CCNC(=O)c1ccc(N)cc1Nc1cc(F)ccc1Br. The quantitative estimate of drug-likeness (QED) is 0.736. The van der Waals surface area contributed by atoms with Crippen LogP contribution >= 0.6 is 15.9 Å². The van der Waals surface area contributed by atoms with E-state index in [9.17, 15) is 9.18 Å². The monoisotopic (exact) mass is 351 g/mol. The van der Waals surface area contributed by atoms with Crippen molar-refractivity contribution in [3.8, 4) is 0 Å². The first-order chi connectivity index (χ1) is 10.0. The second-order valence-corrected chi connectivity index (χ2v) is 5.27. The molecule has 0 radical (unpaired) electrons. The van der Waals surface area contributed by atoms with E-state index < -0.39 is 0 Å². The van der Waals surface area contributed by atoms with Gasteiger partial charge in [0.05, 0.1) is 16.9 Å². The summed E-state index contributed by atoms with van der Waals surface area (Å²) in [6.45, 7) is 2.36. The second kappa shape index (κ2) is 6.58. The first-order valence-corrected chi connectivity index (χ1v) is 7.20. The highest BCUT2D eigenvalue weighted by molar-refractivity contribution is 9.10. The van der Waals surface area contributed by atoms with Gasteiger partial charge in [-0.2, -0.15) is 0 Å². The minimum atomic E-state index is -0.371. The molecule has 0 unspecified atom stereocenters. The summed E-state index contributed by atoms with van der Waals surface area (Å²) in [5.74, 6) is -0.586. The molecule has 21 heavy (non-hydrogen) atoms. The Morgan fingerprint density at radius 2 is 2.00 bits per heavy atom. The smallest absolute Gasteiger partial charge is 0.253 e.